The summed E-state index contributed by atoms with van der Waals surface area (Å²) in [5.41, 5.74) is 2.93. The lowest BCUT2D eigenvalue weighted by atomic mass is 10.2. The van der Waals surface area contributed by atoms with Gasteiger partial charge in [0.15, 0.2) is 0 Å². The van der Waals surface area contributed by atoms with Gasteiger partial charge in [-0.1, -0.05) is 30.3 Å². The first-order valence-electron chi connectivity index (χ1n) is 8.09. The van der Waals surface area contributed by atoms with Crippen LogP contribution < -0.4 is 5.32 Å². The Morgan fingerprint density at radius 1 is 1.32 bits per heavy atom. The van der Waals surface area contributed by atoms with Gasteiger partial charge in [-0.05, 0) is 19.5 Å². The Hall–Kier alpha value is -2.93. The molecule has 1 amide bonds. The van der Waals surface area contributed by atoms with E-state index in [1.807, 2.05) is 61.5 Å². The van der Waals surface area contributed by atoms with Gasteiger partial charge in [0.2, 0.25) is 5.91 Å². The Balaban J connectivity index is 1.56. The SMILES string of the molecule is Cc1cc(NC(=O)CN(C)Cc2ncc(-c3ccccc3)[nH]2)n(C)n1. The number of aromatic amines is 1. The van der Waals surface area contributed by atoms with Gasteiger partial charge in [-0.3, -0.25) is 14.4 Å². The summed E-state index contributed by atoms with van der Waals surface area (Å²) < 4.78 is 1.66. The average molecular weight is 338 g/mol. The van der Waals surface area contributed by atoms with Crippen LogP contribution in [0, 0.1) is 6.92 Å². The van der Waals surface area contributed by atoms with Crippen LogP contribution in [0.2, 0.25) is 0 Å². The molecule has 0 fully saturated rings. The van der Waals surface area contributed by atoms with Crippen molar-refractivity contribution in [1.29, 1.82) is 0 Å². The van der Waals surface area contributed by atoms with E-state index in [1.165, 1.54) is 0 Å². The van der Waals surface area contributed by atoms with Crippen molar-refractivity contribution in [3.8, 4) is 11.3 Å². The molecular formula is C18H22N6O. The minimum atomic E-state index is -0.0830. The number of aromatic nitrogens is 4. The molecule has 3 rings (SSSR count). The summed E-state index contributed by atoms with van der Waals surface area (Å²) in [6, 6.07) is 11.9. The van der Waals surface area contributed by atoms with Gasteiger partial charge < -0.3 is 10.3 Å². The second kappa shape index (κ2) is 7.31. The third kappa shape index (κ3) is 4.33. The lowest BCUT2D eigenvalue weighted by Gasteiger charge is -2.14. The monoisotopic (exact) mass is 338 g/mol. The highest BCUT2D eigenvalue weighted by molar-refractivity contribution is 5.91. The highest BCUT2D eigenvalue weighted by atomic mass is 16.2. The number of amides is 1. The molecule has 0 bridgehead atoms. The van der Waals surface area contributed by atoms with Gasteiger partial charge in [-0.25, -0.2) is 4.98 Å². The van der Waals surface area contributed by atoms with Crippen LogP contribution in [0.3, 0.4) is 0 Å². The van der Waals surface area contributed by atoms with E-state index in [2.05, 4.69) is 20.4 Å². The molecule has 7 nitrogen and oxygen atoms in total. The van der Waals surface area contributed by atoms with Crippen LogP contribution in [0.5, 0.6) is 0 Å². The van der Waals surface area contributed by atoms with Crippen molar-refractivity contribution in [1.82, 2.24) is 24.6 Å². The van der Waals surface area contributed by atoms with Crippen molar-refractivity contribution >= 4 is 11.7 Å². The fraction of sp³-hybridized carbons (Fsp3) is 0.278. The summed E-state index contributed by atoms with van der Waals surface area (Å²) in [5.74, 6) is 1.44. The number of carbonyl (C=O) groups excluding carboxylic acids is 1. The molecule has 0 atom stereocenters. The van der Waals surface area contributed by atoms with Crippen molar-refractivity contribution in [2.45, 2.75) is 13.5 Å². The van der Waals surface area contributed by atoms with Gasteiger partial charge in [-0.2, -0.15) is 5.10 Å². The Morgan fingerprint density at radius 2 is 2.08 bits per heavy atom. The molecule has 7 heteroatoms. The first-order valence-corrected chi connectivity index (χ1v) is 8.09. The largest absolute Gasteiger partial charge is 0.341 e. The number of imidazole rings is 1. The quantitative estimate of drug-likeness (QED) is 0.722. The first-order chi connectivity index (χ1) is 12.0. The zero-order valence-electron chi connectivity index (χ0n) is 14.7. The van der Waals surface area contributed by atoms with Crippen molar-refractivity contribution in [3.05, 3.63) is 54.1 Å². The Bertz CT molecular complexity index is 852. The van der Waals surface area contributed by atoms with E-state index in [1.54, 1.807) is 11.7 Å². The summed E-state index contributed by atoms with van der Waals surface area (Å²) in [7, 11) is 3.69. The molecule has 0 aliphatic rings. The molecule has 25 heavy (non-hydrogen) atoms. The standard InChI is InChI=1S/C18H22N6O/c1-13-9-17(24(3)22-13)21-18(25)12-23(2)11-16-19-10-15(20-16)14-7-5-4-6-8-14/h4-10H,11-12H2,1-3H3,(H,19,20)(H,21,25). The van der Waals surface area contributed by atoms with Crippen LogP contribution in [0.1, 0.15) is 11.5 Å². The molecule has 0 spiro atoms. The molecule has 0 saturated carbocycles. The molecule has 3 aromatic rings. The molecule has 0 unspecified atom stereocenters. The van der Waals surface area contributed by atoms with Gasteiger partial charge in [0, 0.05) is 13.1 Å². The van der Waals surface area contributed by atoms with Gasteiger partial charge >= 0.3 is 0 Å². The number of likely N-dealkylation sites (N-methyl/N-ethyl adjacent to an activating group) is 1. The summed E-state index contributed by atoms with van der Waals surface area (Å²) in [6.07, 6.45) is 1.82. The van der Waals surface area contributed by atoms with E-state index in [0.29, 0.717) is 12.4 Å². The highest BCUT2D eigenvalue weighted by Gasteiger charge is 2.12. The van der Waals surface area contributed by atoms with Gasteiger partial charge in [-0.15, -0.1) is 0 Å². The lowest BCUT2D eigenvalue weighted by Crippen LogP contribution is -2.30. The normalized spacial score (nSPS) is 11.0. The third-order valence-electron chi connectivity index (χ3n) is 3.82. The molecule has 1 aromatic carbocycles. The zero-order valence-corrected chi connectivity index (χ0v) is 14.7. The third-order valence-corrected chi connectivity index (χ3v) is 3.82. The molecule has 2 N–H and O–H groups in total. The van der Waals surface area contributed by atoms with Crippen molar-refractivity contribution < 1.29 is 4.79 Å². The summed E-state index contributed by atoms with van der Waals surface area (Å²) in [4.78, 5) is 21.8. The zero-order chi connectivity index (χ0) is 17.8. The number of benzene rings is 1. The fourth-order valence-corrected chi connectivity index (χ4v) is 2.67. The summed E-state index contributed by atoms with van der Waals surface area (Å²) in [6.45, 7) is 2.72. The van der Waals surface area contributed by atoms with Crippen LogP contribution in [-0.4, -0.2) is 44.1 Å². The second-order valence-electron chi connectivity index (χ2n) is 6.12. The van der Waals surface area contributed by atoms with Crippen LogP contribution in [0.15, 0.2) is 42.6 Å². The van der Waals surface area contributed by atoms with Gasteiger partial charge in [0.1, 0.15) is 11.6 Å². The fourth-order valence-electron chi connectivity index (χ4n) is 2.67. The van der Waals surface area contributed by atoms with Crippen LogP contribution in [0.25, 0.3) is 11.3 Å². The second-order valence-corrected chi connectivity index (χ2v) is 6.12. The Labute approximate surface area is 146 Å². The first kappa shape index (κ1) is 16.9. The molecule has 2 heterocycles. The number of carbonyl (C=O) groups is 1. The topological polar surface area (TPSA) is 78.8 Å². The number of anilines is 1. The van der Waals surface area contributed by atoms with Crippen molar-refractivity contribution in [2.75, 3.05) is 18.9 Å². The van der Waals surface area contributed by atoms with Gasteiger partial charge in [0.25, 0.3) is 0 Å². The smallest absolute Gasteiger partial charge is 0.239 e. The Morgan fingerprint density at radius 3 is 2.76 bits per heavy atom. The van der Waals surface area contributed by atoms with Gasteiger partial charge in [0.05, 0.1) is 30.7 Å². The van der Waals surface area contributed by atoms with E-state index in [9.17, 15) is 4.79 Å². The highest BCUT2D eigenvalue weighted by Crippen LogP contribution is 2.16. The van der Waals surface area contributed by atoms with Crippen molar-refractivity contribution in [3.63, 3.8) is 0 Å². The number of hydrogen-bond donors (Lipinski definition) is 2. The maximum atomic E-state index is 12.2. The van der Waals surface area contributed by atoms with E-state index in [4.69, 9.17) is 0 Å². The Kier molecular flexibility index (Phi) is 4.95. The molecule has 0 aliphatic heterocycles. The molecular weight excluding hydrogens is 316 g/mol. The van der Waals surface area contributed by atoms with Crippen molar-refractivity contribution in [2.24, 2.45) is 7.05 Å². The molecule has 0 aliphatic carbocycles. The summed E-state index contributed by atoms with van der Waals surface area (Å²) >= 11 is 0. The van der Waals surface area contributed by atoms with Crippen LogP contribution in [-0.2, 0) is 18.4 Å². The van der Waals surface area contributed by atoms with E-state index >= 15 is 0 Å². The minimum absolute atomic E-state index is 0.0830. The molecule has 130 valence electrons. The number of nitrogens with one attached hydrogen (secondary N) is 2. The number of hydrogen-bond acceptors (Lipinski definition) is 4. The van der Waals surface area contributed by atoms with Crippen LogP contribution in [0.4, 0.5) is 5.82 Å². The van der Waals surface area contributed by atoms with E-state index in [0.717, 1.165) is 22.8 Å². The maximum Gasteiger partial charge on any atom is 0.239 e. The number of aryl methyl sites for hydroxylation is 2. The number of nitrogens with zero attached hydrogens (tertiary/aromatic N) is 4. The van der Waals surface area contributed by atoms with Crippen LogP contribution >= 0.6 is 0 Å². The molecule has 2 aromatic heterocycles. The predicted octanol–water partition coefficient (Wildman–Crippen LogP) is 2.19. The van der Waals surface area contributed by atoms with E-state index in [-0.39, 0.29) is 12.5 Å². The lowest BCUT2D eigenvalue weighted by molar-refractivity contribution is -0.117. The maximum absolute atomic E-state index is 12.2. The molecule has 0 saturated heterocycles. The average Bonchev–Trinajstić information content (AvgIpc) is 3.14. The van der Waals surface area contributed by atoms with E-state index < -0.39 is 0 Å². The predicted molar refractivity (Wildman–Crippen MR) is 96.9 cm³/mol. The number of rotatable bonds is 6. The molecule has 0 radical (unpaired) electrons. The summed E-state index contributed by atoms with van der Waals surface area (Å²) in [5, 5.41) is 7.08. The minimum Gasteiger partial charge on any atom is -0.341 e. The number of H-pyrrole nitrogens is 1.